The largest absolute Gasteiger partial charge is 0.434 e. The molecule has 1 rings (SSSR count). The second kappa shape index (κ2) is 6.40. The van der Waals surface area contributed by atoms with E-state index in [1.54, 1.807) is 5.32 Å². The van der Waals surface area contributed by atoms with Crippen LogP contribution in [0.4, 0.5) is 26.7 Å². The number of benzene rings is 1. The first-order valence-electron chi connectivity index (χ1n) is 5.34. The van der Waals surface area contributed by atoms with E-state index < -0.39 is 36.2 Å². The third-order valence-corrected chi connectivity index (χ3v) is 2.28. The molecule has 0 spiro atoms. The highest BCUT2D eigenvalue weighted by Crippen LogP contribution is 2.37. The van der Waals surface area contributed by atoms with Gasteiger partial charge in [-0.25, -0.2) is 4.79 Å². The third kappa shape index (κ3) is 4.25. The molecular formula is C11H11F5N2O2. The predicted molar refractivity (Wildman–Crippen MR) is 59.5 cm³/mol. The van der Waals surface area contributed by atoms with Gasteiger partial charge in [-0.2, -0.15) is 22.0 Å². The summed E-state index contributed by atoms with van der Waals surface area (Å²) in [6.07, 6.45) is -4.87. The molecule has 0 heterocycles. The van der Waals surface area contributed by atoms with Crippen LogP contribution >= 0.6 is 0 Å². The van der Waals surface area contributed by atoms with Gasteiger partial charge in [-0.3, -0.25) is 0 Å². The molecule has 0 fully saturated rings. The maximum Gasteiger partial charge on any atom is 0.413 e. The second-order valence-electron chi connectivity index (χ2n) is 3.61. The molecule has 2 amide bonds. The zero-order chi connectivity index (χ0) is 15.3. The van der Waals surface area contributed by atoms with E-state index in [0.29, 0.717) is 0 Å². The highest BCUT2D eigenvalue weighted by atomic mass is 19.4. The van der Waals surface area contributed by atoms with Crippen LogP contribution in [-0.4, -0.2) is 25.9 Å². The van der Waals surface area contributed by atoms with Crippen molar-refractivity contribution < 1.29 is 31.5 Å². The molecule has 0 aliphatic carbocycles. The van der Waals surface area contributed by atoms with E-state index in [9.17, 15) is 26.7 Å². The number of rotatable bonds is 4. The Labute approximate surface area is 110 Å². The van der Waals surface area contributed by atoms with Gasteiger partial charge in [0.05, 0.1) is 0 Å². The van der Waals surface area contributed by atoms with E-state index in [0.717, 1.165) is 19.2 Å². The number of urea groups is 1. The smallest absolute Gasteiger partial charge is 0.413 e. The Morgan fingerprint density at radius 1 is 1.25 bits per heavy atom. The first-order valence-corrected chi connectivity index (χ1v) is 5.34. The molecule has 0 saturated heterocycles. The predicted octanol–water partition coefficient (Wildman–Crippen LogP) is 2.82. The zero-order valence-electron chi connectivity index (χ0n) is 10.2. The van der Waals surface area contributed by atoms with Crippen molar-refractivity contribution >= 4 is 6.03 Å². The number of carbonyl (C=O) groups is 1. The minimum Gasteiger partial charge on any atom is -0.434 e. The van der Waals surface area contributed by atoms with Crippen LogP contribution in [0.3, 0.4) is 0 Å². The monoisotopic (exact) mass is 298 g/mol. The van der Waals surface area contributed by atoms with Crippen LogP contribution in [0.15, 0.2) is 24.3 Å². The number of carbonyl (C=O) groups excluding carboxylic acids is 1. The fraction of sp³-hybridized carbons (Fsp3) is 0.364. The quantitative estimate of drug-likeness (QED) is 0.840. The van der Waals surface area contributed by atoms with Gasteiger partial charge in [0.1, 0.15) is 5.75 Å². The van der Waals surface area contributed by atoms with E-state index >= 15 is 0 Å². The van der Waals surface area contributed by atoms with E-state index in [1.807, 2.05) is 5.32 Å². The molecule has 0 bridgehead atoms. The van der Waals surface area contributed by atoms with Gasteiger partial charge < -0.3 is 15.4 Å². The Morgan fingerprint density at radius 2 is 1.85 bits per heavy atom. The lowest BCUT2D eigenvalue weighted by molar-refractivity contribution is -0.156. The van der Waals surface area contributed by atoms with Crippen molar-refractivity contribution in [3.63, 3.8) is 0 Å². The van der Waals surface area contributed by atoms with Crippen LogP contribution < -0.4 is 15.4 Å². The number of nitrogens with one attached hydrogen (secondary N) is 2. The molecule has 0 aliphatic heterocycles. The molecule has 0 aromatic heterocycles. The molecule has 0 radical (unpaired) electrons. The normalized spacial score (nSPS) is 12.9. The topological polar surface area (TPSA) is 50.4 Å². The van der Waals surface area contributed by atoms with E-state index in [1.165, 1.54) is 12.1 Å². The van der Waals surface area contributed by atoms with Gasteiger partial charge in [-0.05, 0) is 6.07 Å². The highest BCUT2D eigenvalue weighted by Gasteiger charge is 2.43. The molecule has 0 saturated carbocycles. The SMILES string of the molecule is CNC(=O)NC(c1ccccc1OC(F)F)C(F)(F)F. The van der Waals surface area contributed by atoms with Gasteiger partial charge >= 0.3 is 18.8 Å². The van der Waals surface area contributed by atoms with Crippen molar-refractivity contribution in [2.75, 3.05) is 7.05 Å². The molecule has 2 N–H and O–H groups in total. The minimum atomic E-state index is -4.87. The van der Waals surface area contributed by atoms with E-state index in [4.69, 9.17) is 0 Å². The van der Waals surface area contributed by atoms with Crippen LogP contribution in [-0.2, 0) is 0 Å². The summed E-state index contributed by atoms with van der Waals surface area (Å²) < 4.78 is 67.2. The fourth-order valence-corrected chi connectivity index (χ4v) is 1.46. The fourth-order valence-electron chi connectivity index (χ4n) is 1.46. The van der Waals surface area contributed by atoms with Crippen LogP contribution in [0.1, 0.15) is 11.6 Å². The summed E-state index contributed by atoms with van der Waals surface area (Å²) in [5.41, 5.74) is -0.607. The number of amides is 2. The van der Waals surface area contributed by atoms with Crippen molar-refractivity contribution in [1.82, 2.24) is 10.6 Å². The number of para-hydroxylation sites is 1. The second-order valence-corrected chi connectivity index (χ2v) is 3.61. The Bertz CT molecular complexity index is 464. The number of hydrogen-bond acceptors (Lipinski definition) is 2. The average molecular weight is 298 g/mol. The molecule has 4 nitrogen and oxygen atoms in total. The van der Waals surface area contributed by atoms with Gasteiger partial charge in [-0.1, -0.05) is 18.2 Å². The third-order valence-electron chi connectivity index (χ3n) is 2.28. The summed E-state index contributed by atoms with van der Waals surface area (Å²) in [7, 11) is 1.13. The van der Waals surface area contributed by atoms with Gasteiger partial charge in [0, 0.05) is 12.6 Å². The zero-order valence-corrected chi connectivity index (χ0v) is 10.2. The molecule has 9 heteroatoms. The lowest BCUT2D eigenvalue weighted by Crippen LogP contribution is -2.42. The Balaban J connectivity index is 3.16. The Morgan fingerprint density at radius 3 is 2.35 bits per heavy atom. The van der Waals surface area contributed by atoms with E-state index in [-0.39, 0.29) is 0 Å². The number of halogens is 5. The van der Waals surface area contributed by atoms with Crippen LogP contribution in [0.5, 0.6) is 5.75 Å². The summed E-state index contributed by atoms with van der Waals surface area (Å²) >= 11 is 0. The Hall–Kier alpha value is -2.06. The molecule has 0 aliphatic rings. The Kier molecular flexibility index (Phi) is 5.12. The summed E-state index contributed by atoms with van der Waals surface area (Å²) in [6.45, 7) is -3.27. The van der Waals surface area contributed by atoms with Crippen molar-refractivity contribution in [2.45, 2.75) is 18.8 Å². The van der Waals surface area contributed by atoms with Crippen LogP contribution in [0, 0.1) is 0 Å². The average Bonchev–Trinajstić information content (AvgIpc) is 2.34. The van der Waals surface area contributed by atoms with Gasteiger partial charge in [0.15, 0.2) is 6.04 Å². The number of ether oxygens (including phenoxy) is 1. The maximum absolute atomic E-state index is 12.9. The summed E-state index contributed by atoms with van der Waals surface area (Å²) in [5, 5.41) is 3.60. The molecule has 112 valence electrons. The van der Waals surface area contributed by atoms with Crippen molar-refractivity contribution in [1.29, 1.82) is 0 Å². The van der Waals surface area contributed by atoms with Crippen molar-refractivity contribution in [2.24, 2.45) is 0 Å². The molecule has 1 unspecified atom stereocenters. The lowest BCUT2D eigenvalue weighted by atomic mass is 10.1. The molecule has 20 heavy (non-hydrogen) atoms. The summed E-state index contributed by atoms with van der Waals surface area (Å²) in [5.74, 6) is -0.652. The standard InChI is InChI=1S/C11H11F5N2O2/c1-17-10(19)18-8(11(14,15)16)6-4-2-3-5-7(6)20-9(12)13/h2-5,8-9H,1H3,(H2,17,18,19). The van der Waals surface area contributed by atoms with Gasteiger partial charge in [0.2, 0.25) is 0 Å². The number of alkyl halides is 5. The van der Waals surface area contributed by atoms with Crippen LogP contribution in [0.25, 0.3) is 0 Å². The first-order chi connectivity index (χ1) is 9.25. The van der Waals surface area contributed by atoms with Crippen molar-refractivity contribution in [3.8, 4) is 5.75 Å². The molecule has 1 aromatic carbocycles. The lowest BCUT2D eigenvalue weighted by Gasteiger charge is -2.23. The minimum absolute atomic E-state index is 0.607. The van der Waals surface area contributed by atoms with Gasteiger partial charge in [-0.15, -0.1) is 0 Å². The molecule has 1 aromatic rings. The highest BCUT2D eigenvalue weighted by molar-refractivity contribution is 5.74. The summed E-state index contributed by atoms with van der Waals surface area (Å²) in [6, 6.07) is 0.820. The first kappa shape index (κ1) is 16.0. The van der Waals surface area contributed by atoms with Gasteiger partial charge in [0.25, 0.3) is 0 Å². The molecule has 1 atom stereocenters. The maximum atomic E-state index is 12.9. The van der Waals surface area contributed by atoms with E-state index in [2.05, 4.69) is 4.74 Å². The summed E-state index contributed by atoms with van der Waals surface area (Å²) in [4.78, 5) is 11.1. The number of hydrogen-bond donors (Lipinski definition) is 2. The molecular weight excluding hydrogens is 287 g/mol. The van der Waals surface area contributed by atoms with Crippen LogP contribution in [0.2, 0.25) is 0 Å². The van der Waals surface area contributed by atoms with Crippen molar-refractivity contribution in [3.05, 3.63) is 29.8 Å².